The molecule has 0 spiro atoms. The van der Waals surface area contributed by atoms with E-state index < -0.39 is 11.4 Å². The molecule has 2 bridgehead atoms. The Labute approximate surface area is 120 Å². The van der Waals surface area contributed by atoms with E-state index in [0.717, 1.165) is 24.6 Å². The third-order valence-corrected chi connectivity index (χ3v) is 5.04. The number of likely N-dealkylation sites (tertiary alicyclic amines) is 1. The summed E-state index contributed by atoms with van der Waals surface area (Å²) in [6.07, 6.45) is 4.57. The van der Waals surface area contributed by atoms with Crippen molar-refractivity contribution in [1.82, 2.24) is 4.90 Å². The van der Waals surface area contributed by atoms with Crippen molar-refractivity contribution in [1.29, 1.82) is 0 Å². The maximum Gasteiger partial charge on any atom is 0.242 e. The van der Waals surface area contributed by atoms with E-state index in [1.54, 1.807) is 0 Å². The Balaban J connectivity index is 1.70. The molecule has 3 atom stereocenters. The smallest absolute Gasteiger partial charge is 0.242 e. The van der Waals surface area contributed by atoms with Gasteiger partial charge in [0, 0.05) is 19.1 Å². The Morgan fingerprint density at radius 3 is 2.60 bits per heavy atom. The van der Waals surface area contributed by atoms with E-state index in [9.17, 15) is 4.79 Å². The van der Waals surface area contributed by atoms with Crippen molar-refractivity contribution >= 4 is 5.91 Å². The summed E-state index contributed by atoms with van der Waals surface area (Å²) in [7, 11) is 0. The van der Waals surface area contributed by atoms with E-state index in [1.165, 1.54) is 19.3 Å². The fourth-order valence-corrected chi connectivity index (χ4v) is 3.77. The van der Waals surface area contributed by atoms with E-state index in [0.29, 0.717) is 12.5 Å². The van der Waals surface area contributed by atoms with Gasteiger partial charge in [-0.3, -0.25) is 4.79 Å². The summed E-state index contributed by atoms with van der Waals surface area (Å²) in [4.78, 5) is 14.4. The minimum atomic E-state index is -1.05. The van der Waals surface area contributed by atoms with Crippen LogP contribution in [0, 0.1) is 5.92 Å². The van der Waals surface area contributed by atoms with E-state index >= 15 is 0 Å². The standard InChI is InChI=1S/C16H23N3O/c17-15(20)16(18,13-4-2-1-3-5-13)8-9-19-11-12-6-7-14(19)10-12/h1-5,12,14H,6-11,18H2,(H2,17,20). The first kappa shape index (κ1) is 13.6. The molecule has 20 heavy (non-hydrogen) atoms. The van der Waals surface area contributed by atoms with Crippen LogP contribution in [0.2, 0.25) is 0 Å². The lowest BCUT2D eigenvalue weighted by Crippen LogP contribution is -2.51. The Morgan fingerprint density at radius 2 is 2.05 bits per heavy atom. The van der Waals surface area contributed by atoms with Crippen molar-refractivity contribution in [2.45, 2.75) is 37.3 Å². The number of benzene rings is 1. The van der Waals surface area contributed by atoms with Gasteiger partial charge in [-0.15, -0.1) is 0 Å². The predicted octanol–water partition coefficient (Wildman–Crippen LogP) is 1.20. The van der Waals surface area contributed by atoms with Gasteiger partial charge < -0.3 is 16.4 Å². The molecule has 4 nitrogen and oxygen atoms in total. The first-order chi connectivity index (χ1) is 9.59. The molecule has 4 heteroatoms. The molecule has 1 saturated heterocycles. The Bertz CT molecular complexity index is 490. The normalized spacial score (nSPS) is 28.4. The largest absolute Gasteiger partial charge is 0.368 e. The second kappa shape index (κ2) is 5.19. The molecular weight excluding hydrogens is 250 g/mol. The van der Waals surface area contributed by atoms with Gasteiger partial charge in [-0.25, -0.2) is 0 Å². The number of carbonyl (C=O) groups excluding carboxylic acids is 1. The van der Waals surface area contributed by atoms with E-state index in [4.69, 9.17) is 11.5 Å². The Morgan fingerprint density at radius 1 is 1.30 bits per heavy atom. The molecule has 1 heterocycles. The fraction of sp³-hybridized carbons (Fsp3) is 0.562. The van der Waals surface area contributed by atoms with Crippen LogP contribution in [0.4, 0.5) is 0 Å². The number of primary amides is 1. The molecule has 3 unspecified atom stereocenters. The average molecular weight is 273 g/mol. The van der Waals surface area contributed by atoms with Crippen LogP contribution in [0.5, 0.6) is 0 Å². The monoisotopic (exact) mass is 273 g/mol. The topological polar surface area (TPSA) is 72.3 Å². The molecule has 1 aliphatic carbocycles. The second-order valence-corrected chi connectivity index (χ2v) is 6.28. The highest BCUT2D eigenvalue weighted by molar-refractivity contribution is 5.85. The van der Waals surface area contributed by atoms with Crippen molar-refractivity contribution in [3.63, 3.8) is 0 Å². The molecule has 2 aliphatic rings. The number of rotatable bonds is 5. The summed E-state index contributed by atoms with van der Waals surface area (Å²) in [5, 5.41) is 0. The zero-order chi connectivity index (χ0) is 14.2. The van der Waals surface area contributed by atoms with Crippen molar-refractivity contribution in [2.75, 3.05) is 13.1 Å². The minimum Gasteiger partial charge on any atom is -0.368 e. The van der Waals surface area contributed by atoms with Crippen molar-refractivity contribution in [2.24, 2.45) is 17.4 Å². The van der Waals surface area contributed by atoms with Gasteiger partial charge in [0.1, 0.15) is 5.54 Å². The highest BCUT2D eigenvalue weighted by Gasteiger charge is 2.40. The number of hydrogen-bond donors (Lipinski definition) is 2. The van der Waals surface area contributed by atoms with Crippen molar-refractivity contribution in [3.05, 3.63) is 35.9 Å². The van der Waals surface area contributed by atoms with Crippen LogP contribution in [-0.2, 0) is 10.3 Å². The van der Waals surface area contributed by atoms with Crippen LogP contribution in [0.3, 0.4) is 0 Å². The predicted molar refractivity (Wildman–Crippen MR) is 78.8 cm³/mol. The molecule has 108 valence electrons. The van der Waals surface area contributed by atoms with Crippen LogP contribution in [0.15, 0.2) is 30.3 Å². The Kier molecular flexibility index (Phi) is 3.52. The van der Waals surface area contributed by atoms with Crippen molar-refractivity contribution in [3.8, 4) is 0 Å². The van der Waals surface area contributed by atoms with Gasteiger partial charge in [-0.05, 0) is 37.2 Å². The van der Waals surface area contributed by atoms with Crippen LogP contribution < -0.4 is 11.5 Å². The number of hydrogen-bond acceptors (Lipinski definition) is 3. The van der Waals surface area contributed by atoms with Gasteiger partial charge in [0.05, 0.1) is 0 Å². The van der Waals surface area contributed by atoms with E-state index in [2.05, 4.69) is 4.90 Å². The van der Waals surface area contributed by atoms with Gasteiger partial charge >= 0.3 is 0 Å². The lowest BCUT2D eigenvalue weighted by Gasteiger charge is -2.32. The van der Waals surface area contributed by atoms with Gasteiger partial charge in [-0.2, -0.15) is 0 Å². The van der Waals surface area contributed by atoms with Crippen LogP contribution >= 0.6 is 0 Å². The summed E-state index contributed by atoms with van der Waals surface area (Å²) in [5.41, 5.74) is 11.7. The molecule has 1 amide bonds. The summed E-state index contributed by atoms with van der Waals surface area (Å²) < 4.78 is 0. The summed E-state index contributed by atoms with van der Waals surface area (Å²) in [6.45, 7) is 2.02. The molecule has 4 N–H and O–H groups in total. The van der Waals surface area contributed by atoms with Gasteiger partial charge in [-0.1, -0.05) is 30.3 Å². The minimum absolute atomic E-state index is 0.437. The Hall–Kier alpha value is -1.39. The zero-order valence-corrected chi connectivity index (χ0v) is 11.8. The number of fused-ring (bicyclic) bond motifs is 2. The van der Waals surface area contributed by atoms with Crippen LogP contribution in [-0.4, -0.2) is 29.9 Å². The maximum absolute atomic E-state index is 11.9. The van der Waals surface area contributed by atoms with Gasteiger partial charge in [0.2, 0.25) is 5.91 Å². The van der Waals surface area contributed by atoms with E-state index in [1.807, 2.05) is 30.3 Å². The third kappa shape index (κ3) is 2.34. The molecule has 2 fully saturated rings. The number of piperidine rings is 1. The number of nitrogens with two attached hydrogens (primary N) is 2. The van der Waals surface area contributed by atoms with Crippen LogP contribution in [0.25, 0.3) is 0 Å². The van der Waals surface area contributed by atoms with Gasteiger partial charge in [0.25, 0.3) is 0 Å². The molecular formula is C16H23N3O. The zero-order valence-electron chi connectivity index (χ0n) is 11.8. The SMILES string of the molecule is NC(=O)C(N)(CCN1CC2CCC1C2)c1ccccc1. The lowest BCUT2D eigenvalue weighted by molar-refractivity contribution is -0.123. The molecule has 1 aromatic rings. The molecule has 0 aromatic heterocycles. The summed E-state index contributed by atoms with van der Waals surface area (Å²) in [6, 6.07) is 10.2. The number of amides is 1. The van der Waals surface area contributed by atoms with Crippen LogP contribution in [0.1, 0.15) is 31.2 Å². The van der Waals surface area contributed by atoms with Gasteiger partial charge in [0.15, 0.2) is 0 Å². The summed E-state index contributed by atoms with van der Waals surface area (Å²) in [5.74, 6) is 0.422. The van der Waals surface area contributed by atoms with E-state index in [-0.39, 0.29) is 0 Å². The number of nitrogens with zero attached hydrogens (tertiary/aromatic N) is 1. The molecule has 1 aliphatic heterocycles. The third-order valence-electron chi connectivity index (χ3n) is 5.04. The average Bonchev–Trinajstić information content (AvgIpc) is 3.08. The number of carbonyl (C=O) groups is 1. The molecule has 1 aromatic carbocycles. The highest BCUT2D eigenvalue weighted by Crippen LogP contribution is 2.38. The maximum atomic E-state index is 11.9. The second-order valence-electron chi connectivity index (χ2n) is 6.28. The fourth-order valence-electron chi connectivity index (χ4n) is 3.77. The lowest BCUT2D eigenvalue weighted by atomic mass is 9.86. The first-order valence-corrected chi connectivity index (χ1v) is 7.48. The molecule has 0 radical (unpaired) electrons. The quantitative estimate of drug-likeness (QED) is 0.846. The van der Waals surface area contributed by atoms with Crippen molar-refractivity contribution < 1.29 is 4.79 Å². The molecule has 1 saturated carbocycles. The molecule has 3 rings (SSSR count). The highest BCUT2D eigenvalue weighted by atomic mass is 16.1. The summed E-state index contributed by atoms with van der Waals surface area (Å²) >= 11 is 0. The first-order valence-electron chi connectivity index (χ1n) is 7.48.